The lowest BCUT2D eigenvalue weighted by molar-refractivity contribution is -0.130. The average molecular weight is 270 g/mol. The molecule has 3 N–H and O–H groups in total. The summed E-state index contributed by atoms with van der Waals surface area (Å²) in [5, 5.41) is 2.57. The van der Waals surface area contributed by atoms with E-state index in [2.05, 4.69) is 5.32 Å². The molecular formula is C13H16F2N2O2. The third-order valence-corrected chi connectivity index (χ3v) is 3.48. The van der Waals surface area contributed by atoms with Crippen LogP contribution in [0.4, 0.5) is 8.78 Å². The van der Waals surface area contributed by atoms with Crippen LogP contribution in [0.15, 0.2) is 18.2 Å². The molecule has 0 aliphatic carbocycles. The number of amides is 1. The third kappa shape index (κ3) is 2.74. The molecule has 6 heteroatoms. The summed E-state index contributed by atoms with van der Waals surface area (Å²) in [5.74, 6) is -1.42. The molecule has 0 radical (unpaired) electrons. The summed E-state index contributed by atoms with van der Waals surface area (Å²) < 4.78 is 31.6. The molecule has 0 aromatic heterocycles. The fourth-order valence-corrected chi connectivity index (χ4v) is 1.98. The van der Waals surface area contributed by atoms with Crippen LogP contribution in [0, 0.1) is 17.0 Å². The van der Waals surface area contributed by atoms with Crippen LogP contribution < -0.4 is 11.1 Å². The molecule has 19 heavy (non-hydrogen) atoms. The van der Waals surface area contributed by atoms with Crippen LogP contribution >= 0.6 is 0 Å². The number of hydrogen-bond acceptors (Lipinski definition) is 3. The van der Waals surface area contributed by atoms with E-state index in [-0.39, 0.29) is 24.6 Å². The van der Waals surface area contributed by atoms with Crippen LogP contribution in [0.25, 0.3) is 0 Å². The van der Waals surface area contributed by atoms with Crippen molar-refractivity contribution in [3.63, 3.8) is 0 Å². The minimum atomic E-state index is -0.830. The summed E-state index contributed by atoms with van der Waals surface area (Å²) in [7, 11) is 0. The number of nitrogens with two attached hydrogens (primary N) is 1. The van der Waals surface area contributed by atoms with E-state index in [9.17, 15) is 13.6 Å². The van der Waals surface area contributed by atoms with Crippen molar-refractivity contribution >= 4 is 5.91 Å². The van der Waals surface area contributed by atoms with Crippen molar-refractivity contribution < 1.29 is 18.3 Å². The second kappa shape index (κ2) is 5.22. The molecule has 0 spiro atoms. The van der Waals surface area contributed by atoms with Gasteiger partial charge in [0.05, 0.1) is 18.6 Å². The number of benzene rings is 1. The van der Waals surface area contributed by atoms with Crippen LogP contribution in [-0.2, 0) is 16.1 Å². The second-order valence-electron chi connectivity index (χ2n) is 4.96. The van der Waals surface area contributed by atoms with Crippen molar-refractivity contribution in [1.29, 1.82) is 0 Å². The van der Waals surface area contributed by atoms with Gasteiger partial charge in [0.15, 0.2) is 0 Å². The highest BCUT2D eigenvalue weighted by Crippen LogP contribution is 2.27. The van der Waals surface area contributed by atoms with Crippen LogP contribution in [0.3, 0.4) is 0 Å². The maximum Gasteiger partial charge on any atom is 0.230 e. The molecular weight excluding hydrogens is 254 g/mol. The Morgan fingerprint density at radius 3 is 2.95 bits per heavy atom. The van der Waals surface area contributed by atoms with E-state index < -0.39 is 23.1 Å². The van der Waals surface area contributed by atoms with Gasteiger partial charge in [-0.1, -0.05) is 0 Å². The number of hydrogen-bond donors (Lipinski definition) is 2. The Labute approximate surface area is 109 Å². The van der Waals surface area contributed by atoms with Crippen molar-refractivity contribution in [1.82, 2.24) is 5.32 Å². The summed E-state index contributed by atoms with van der Waals surface area (Å²) in [6.45, 7) is 2.16. The number of ether oxygens (including phenoxy) is 1. The topological polar surface area (TPSA) is 64.3 Å². The van der Waals surface area contributed by atoms with Gasteiger partial charge in [-0.2, -0.15) is 0 Å². The fraction of sp³-hybridized carbons (Fsp3) is 0.462. The summed E-state index contributed by atoms with van der Waals surface area (Å²) in [6.07, 6.45) is 0. The molecule has 2 unspecified atom stereocenters. The smallest absolute Gasteiger partial charge is 0.230 e. The first kappa shape index (κ1) is 13.9. The van der Waals surface area contributed by atoms with Crippen molar-refractivity contribution in [3.05, 3.63) is 35.4 Å². The first-order chi connectivity index (χ1) is 8.93. The zero-order valence-corrected chi connectivity index (χ0v) is 10.6. The van der Waals surface area contributed by atoms with Crippen LogP contribution in [-0.4, -0.2) is 25.2 Å². The molecule has 1 fully saturated rings. The first-order valence-corrected chi connectivity index (χ1v) is 5.99. The molecule has 4 nitrogen and oxygen atoms in total. The molecule has 1 saturated heterocycles. The van der Waals surface area contributed by atoms with Crippen LogP contribution in [0.1, 0.15) is 12.5 Å². The van der Waals surface area contributed by atoms with Crippen LogP contribution in [0.2, 0.25) is 0 Å². The highest BCUT2D eigenvalue weighted by molar-refractivity contribution is 5.83. The molecule has 2 rings (SSSR count). The number of rotatable bonds is 3. The lowest BCUT2D eigenvalue weighted by atomic mass is 9.85. The minimum absolute atomic E-state index is 0.0786. The number of carbonyl (C=O) groups is 1. The van der Waals surface area contributed by atoms with Gasteiger partial charge in [0.25, 0.3) is 0 Å². The van der Waals surface area contributed by atoms with Crippen molar-refractivity contribution in [2.45, 2.75) is 19.5 Å². The van der Waals surface area contributed by atoms with Gasteiger partial charge in [0.2, 0.25) is 5.91 Å². The highest BCUT2D eigenvalue weighted by Gasteiger charge is 2.44. The van der Waals surface area contributed by atoms with Gasteiger partial charge in [-0.15, -0.1) is 0 Å². The van der Waals surface area contributed by atoms with Gasteiger partial charge in [0.1, 0.15) is 11.6 Å². The van der Waals surface area contributed by atoms with E-state index >= 15 is 0 Å². The quantitative estimate of drug-likeness (QED) is 0.859. The van der Waals surface area contributed by atoms with Gasteiger partial charge in [-0.05, 0) is 25.1 Å². The highest BCUT2D eigenvalue weighted by atomic mass is 19.1. The standard InChI is InChI=1S/C13H16F2N2O2/c1-13(7-19-6-11(13)16)12(18)17-5-8-4-9(14)2-3-10(8)15/h2-4,11H,5-7,16H2,1H3,(H,17,18). The monoisotopic (exact) mass is 270 g/mol. The summed E-state index contributed by atoms with van der Waals surface area (Å²) in [6, 6.07) is 2.72. The van der Waals surface area contributed by atoms with Crippen molar-refractivity contribution in [2.24, 2.45) is 11.1 Å². The third-order valence-electron chi connectivity index (χ3n) is 3.48. The second-order valence-corrected chi connectivity index (χ2v) is 4.96. The van der Waals surface area contributed by atoms with E-state index in [0.717, 1.165) is 18.2 Å². The predicted molar refractivity (Wildman–Crippen MR) is 65.1 cm³/mol. The van der Waals surface area contributed by atoms with Crippen molar-refractivity contribution in [2.75, 3.05) is 13.2 Å². The van der Waals surface area contributed by atoms with Gasteiger partial charge in [-0.25, -0.2) is 8.78 Å². The Bertz CT molecular complexity index is 496. The molecule has 1 aliphatic rings. The summed E-state index contributed by atoms with van der Waals surface area (Å²) in [5.41, 5.74) is 5.09. The number of halogens is 2. The molecule has 1 amide bonds. The van der Waals surface area contributed by atoms with Crippen LogP contribution in [0.5, 0.6) is 0 Å². The summed E-state index contributed by atoms with van der Waals surface area (Å²) in [4.78, 5) is 12.1. The van der Waals surface area contributed by atoms with E-state index in [1.165, 1.54) is 0 Å². The van der Waals surface area contributed by atoms with E-state index in [0.29, 0.717) is 6.61 Å². The Kier molecular flexibility index (Phi) is 3.82. The molecule has 0 saturated carbocycles. The van der Waals surface area contributed by atoms with Crippen molar-refractivity contribution in [3.8, 4) is 0 Å². The molecule has 2 atom stereocenters. The molecule has 1 heterocycles. The normalized spacial score (nSPS) is 26.4. The maximum absolute atomic E-state index is 13.4. The van der Waals surface area contributed by atoms with Gasteiger partial charge >= 0.3 is 0 Å². The number of nitrogens with one attached hydrogen (secondary N) is 1. The lowest BCUT2D eigenvalue weighted by Crippen LogP contribution is -2.49. The first-order valence-electron chi connectivity index (χ1n) is 5.99. The Hall–Kier alpha value is -1.53. The Morgan fingerprint density at radius 1 is 1.58 bits per heavy atom. The minimum Gasteiger partial charge on any atom is -0.379 e. The van der Waals surface area contributed by atoms with E-state index in [1.807, 2.05) is 0 Å². The SMILES string of the molecule is CC1(C(=O)NCc2cc(F)ccc2F)COCC1N. The molecule has 1 aliphatic heterocycles. The zero-order valence-electron chi connectivity index (χ0n) is 10.6. The molecule has 1 aromatic rings. The maximum atomic E-state index is 13.4. The number of carbonyl (C=O) groups excluding carboxylic acids is 1. The zero-order chi connectivity index (χ0) is 14.0. The summed E-state index contributed by atoms with van der Waals surface area (Å²) >= 11 is 0. The Morgan fingerprint density at radius 2 is 2.32 bits per heavy atom. The molecule has 1 aromatic carbocycles. The molecule has 104 valence electrons. The largest absolute Gasteiger partial charge is 0.379 e. The van der Waals surface area contributed by atoms with Gasteiger partial charge in [0, 0.05) is 18.2 Å². The average Bonchev–Trinajstić information content (AvgIpc) is 2.71. The van der Waals surface area contributed by atoms with E-state index in [1.54, 1.807) is 6.92 Å². The van der Waals surface area contributed by atoms with Gasteiger partial charge < -0.3 is 15.8 Å². The Balaban J connectivity index is 2.02. The molecule has 0 bridgehead atoms. The fourth-order valence-electron chi connectivity index (χ4n) is 1.98. The van der Waals surface area contributed by atoms with Gasteiger partial charge in [-0.3, -0.25) is 4.79 Å². The van der Waals surface area contributed by atoms with E-state index in [4.69, 9.17) is 10.5 Å². The predicted octanol–water partition coefficient (Wildman–Crippen LogP) is 0.945. The lowest BCUT2D eigenvalue weighted by Gasteiger charge is -2.25.